The normalized spacial score (nSPS) is 14.3. The summed E-state index contributed by atoms with van der Waals surface area (Å²) >= 11 is 0. The number of methoxy groups -OCH3 is 1. The number of carbonyl (C=O) groups excluding carboxylic acids is 5. The monoisotopic (exact) mass is 489 g/mol. The van der Waals surface area contributed by atoms with Gasteiger partial charge in [0.1, 0.15) is 24.9 Å². The Morgan fingerprint density at radius 3 is 1.41 bits per heavy atom. The van der Waals surface area contributed by atoms with Crippen molar-refractivity contribution in [3.63, 3.8) is 0 Å². The fourth-order valence-corrected chi connectivity index (χ4v) is 3.48. The molecule has 11 heteroatoms. The standard InChI is InChI=1S/C23H39NO10/c1-15(25)31-14-22(30-5)13-21(34-18(4)28)9-6-8-19(32-16(2)26)12-20(33-17(3)27)10-7-11-23(24)29/h19-22H,6-14H2,1-5H3,(H2,24,29)/t19?,20?,21-,22+/m1/s1. The average molecular weight is 490 g/mol. The number of primary amides is 1. The molecule has 2 N–H and O–H groups in total. The Bertz CT molecular complexity index is 666. The van der Waals surface area contributed by atoms with Crippen molar-refractivity contribution in [2.75, 3.05) is 13.7 Å². The van der Waals surface area contributed by atoms with Gasteiger partial charge in [-0.2, -0.15) is 0 Å². The molecule has 34 heavy (non-hydrogen) atoms. The van der Waals surface area contributed by atoms with Gasteiger partial charge in [0.25, 0.3) is 0 Å². The topological polar surface area (TPSA) is 158 Å². The molecule has 1 amide bonds. The first kappa shape index (κ1) is 31.3. The van der Waals surface area contributed by atoms with Crippen LogP contribution in [-0.2, 0) is 47.7 Å². The van der Waals surface area contributed by atoms with Crippen molar-refractivity contribution in [2.24, 2.45) is 5.73 Å². The third-order valence-electron chi connectivity index (χ3n) is 4.86. The Labute approximate surface area is 200 Å². The highest BCUT2D eigenvalue weighted by molar-refractivity contribution is 5.73. The molecule has 0 aliphatic heterocycles. The van der Waals surface area contributed by atoms with E-state index in [0.29, 0.717) is 38.5 Å². The van der Waals surface area contributed by atoms with Crippen LogP contribution in [0.25, 0.3) is 0 Å². The Kier molecular flexibility index (Phi) is 16.3. The van der Waals surface area contributed by atoms with Crippen molar-refractivity contribution < 1.29 is 47.7 Å². The van der Waals surface area contributed by atoms with Gasteiger partial charge in [0.2, 0.25) is 5.91 Å². The summed E-state index contributed by atoms with van der Waals surface area (Å²) in [7, 11) is 1.48. The van der Waals surface area contributed by atoms with Crippen LogP contribution in [0.1, 0.15) is 79.1 Å². The van der Waals surface area contributed by atoms with Gasteiger partial charge in [0.15, 0.2) is 0 Å². The molecule has 0 fully saturated rings. The minimum Gasteiger partial charge on any atom is -0.463 e. The van der Waals surface area contributed by atoms with Gasteiger partial charge in [0.05, 0.1) is 6.10 Å². The van der Waals surface area contributed by atoms with E-state index in [1.165, 1.54) is 34.8 Å². The van der Waals surface area contributed by atoms with E-state index in [4.69, 9.17) is 29.4 Å². The molecule has 0 aromatic carbocycles. The third-order valence-corrected chi connectivity index (χ3v) is 4.86. The quantitative estimate of drug-likeness (QED) is 0.223. The molecule has 0 spiro atoms. The van der Waals surface area contributed by atoms with Gasteiger partial charge in [-0.25, -0.2) is 0 Å². The minimum atomic E-state index is -0.535. The number of rotatable bonds is 18. The molecule has 0 aromatic heterocycles. The van der Waals surface area contributed by atoms with Crippen LogP contribution >= 0.6 is 0 Å². The summed E-state index contributed by atoms with van der Waals surface area (Å²) in [5.74, 6) is -2.28. The molecule has 0 radical (unpaired) electrons. The van der Waals surface area contributed by atoms with E-state index in [1.54, 1.807) is 0 Å². The first-order chi connectivity index (χ1) is 15.9. The molecule has 196 valence electrons. The van der Waals surface area contributed by atoms with E-state index in [9.17, 15) is 24.0 Å². The van der Waals surface area contributed by atoms with Crippen molar-refractivity contribution in [3.8, 4) is 0 Å². The second kappa shape index (κ2) is 17.7. The molecule has 0 bridgehead atoms. The van der Waals surface area contributed by atoms with E-state index in [0.717, 1.165) is 0 Å². The molecule has 11 nitrogen and oxygen atoms in total. The Hall–Kier alpha value is -2.69. The maximum Gasteiger partial charge on any atom is 0.302 e. The highest BCUT2D eigenvalue weighted by atomic mass is 16.6. The van der Waals surface area contributed by atoms with Crippen molar-refractivity contribution in [2.45, 2.75) is 103 Å². The van der Waals surface area contributed by atoms with Gasteiger partial charge < -0.3 is 29.4 Å². The number of nitrogens with two attached hydrogens (primary N) is 1. The van der Waals surface area contributed by atoms with E-state index >= 15 is 0 Å². The zero-order chi connectivity index (χ0) is 26.1. The van der Waals surface area contributed by atoms with Crippen LogP contribution in [0.2, 0.25) is 0 Å². The summed E-state index contributed by atoms with van der Waals surface area (Å²) in [6.45, 7) is 5.21. The van der Waals surface area contributed by atoms with Crippen molar-refractivity contribution >= 4 is 29.8 Å². The number of carbonyl (C=O) groups is 5. The number of amides is 1. The second-order valence-electron chi connectivity index (χ2n) is 8.12. The van der Waals surface area contributed by atoms with Crippen molar-refractivity contribution in [3.05, 3.63) is 0 Å². The lowest BCUT2D eigenvalue weighted by Gasteiger charge is -2.25. The number of hydrogen-bond acceptors (Lipinski definition) is 10. The number of ether oxygens (including phenoxy) is 5. The average Bonchev–Trinajstić information content (AvgIpc) is 2.68. The van der Waals surface area contributed by atoms with Crippen LogP contribution in [0.3, 0.4) is 0 Å². The van der Waals surface area contributed by atoms with Gasteiger partial charge in [-0.05, 0) is 32.1 Å². The molecule has 2 unspecified atom stereocenters. The van der Waals surface area contributed by atoms with Crippen LogP contribution in [-0.4, -0.2) is 67.9 Å². The van der Waals surface area contributed by atoms with Gasteiger partial charge in [-0.3, -0.25) is 24.0 Å². The molecular weight excluding hydrogens is 450 g/mol. The summed E-state index contributed by atoms with van der Waals surface area (Å²) in [4.78, 5) is 56.7. The maximum atomic E-state index is 11.6. The molecule has 0 aromatic rings. The lowest BCUT2D eigenvalue weighted by molar-refractivity contribution is -0.153. The summed E-state index contributed by atoms with van der Waals surface area (Å²) in [5.41, 5.74) is 5.17. The van der Waals surface area contributed by atoms with E-state index in [-0.39, 0.29) is 19.4 Å². The maximum absolute atomic E-state index is 11.6. The molecule has 0 aliphatic rings. The van der Waals surface area contributed by atoms with Crippen LogP contribution in [0.5, 0.6) is 0 Å². The van der Waals surface area contributed by atoms with Gasteiger partial charge in [-0.15, -0.1) is 0 Å². The Morgan fingerprint density at radius 1 is 0.647 bits per heavy atom. The molecule has 0 rings (SSSR count). The summed E-state index contributed by atoms with van der Waals surface area (Å²) in [5, 5.41) is 0. The predicted octanol–water partition coefficient (Wildman–Crippen LogP) is 1.97. The lowest BCUT2D eigenvalue weighted by Crippen LogP contribution is -2.29. The van der Waals surface area contributed by atoms with Crippen molar-refractivity contribution in [1.82, 2.24) is 0 Å². The van der Waals surface area contributed by atoms with E-state index in [2.05, 4.69) is 0 Å². The first-order valence-corrected chi connectivity index (χ1v) is 11.4. The van der Waals surface area contributed by atoms with Crippen molar-refractivity contribution in [1.29, 1.82) is 0 Å². The van der Waals surface area contributed by atoms with Crippen LogP contribution in [0, 0.1) is 0 Å². The van der Waals surface area contributed by atoms with Crippen LogP contribution in [0.15, 0.2) is 0 Å². The smallest absolute Gasteiger partial charge is 0.302 e. The zero-order valence-corrected chi connectivity index (χ0v) is 20.8. The lowest BCUT2D eigenvalue weighted by atomic mass is 9.99. The van der Waals surface area contributed by atoms with E-state index < -0.39 is 54.2 Å². The van der Waals surface area contributed by atoms with Gasteiger partial charge in [-0.1, -0.05) is 0 Å². The van der Waals surface area contributed by atoms with E-state index in [1.807, 2.05) is 0 Å². The Morgan fingerprint density at radius 2 is 1.06 bits per heavy atom. The largest absolute Gasteiger partial charge is 0.463 e. The van der Waals surface area contributed by atoms with Gasteiger partial charge in [0, 0.05) is 54.1 Å². The highest BCUT2D eigenvalue weighted by Gasteiger charge is 2.24. The molecule has 0 saturated heterocycles. The Balaban J connectivity index is 5.03. The zero-order valence-electron chi connectivity index (χ0n) is 20.8. The number of hydrogen-bond donors (Lipinski definition) is 1. The summed E-state index contributed by atoms with van der Waals surface area (Å²) in [6, 6.07) is 0. The summed E-state index contributed by atoms with van der Waals surface area (Å²) < 4.78 is 26.4. The van der Waals surface area contributed by atoms with Crippen LogP contribution in [0.4, 0.5) is 0 Å². The first-order valence-electron chi connectivity index (χ1n) is 11.4. The highest BCUT2D eigenvalue weighted by Crippen LogP contribution is 2.21. The minimum absolute atomic E-state index is 0.0367. The third kappa shape index (κ3) is 17.8. The molecule has 4 atom stereocenters. The SMILES string of the molecule is CO[C@H](COC(C)=O)C[C@@H](CCCC(CC(CCCC(N)=O)OC(C)=O)OC(C)=O)OC(C)=O. The fraction of sp³-hybridized carbons (Fsp3) is 0.783. The molecule has 0 aliphatic carbocycles. The summed E-state index contributed by atoms with van der Waals surface area (Å²) in [6.07, 6.45) is 1.02. The molecular formula is C23H39NO10. The second-order valence-corrected chi connectivity index (χ2v) is 8.12. The predicted molar refractivity (Wildman–Crippen MR) is 120 cm³/mol. The fourth-order valence-electron chi connectivity index (χ4n) is 3.48. The molecule has 0 saturated carbocycles. The number of esters is 4. The molecule has 0 heterocycles. The van der Waals surface area contributed by atoms with Crippen LogP contribution < -0.4 is 5.73 Å². The van der Waals surface area contributed by atoms with Gasteiger partial charge >= 0.3 is 23.9 Å².